The van der Waals surface area contributed by atoms with Gasteiger partial charge in [-0.3, -0.25) is 9.59 Å². The molecule has 0 aliphatic carbocycles. The first-order valence-electron chi connectivity index (χ1n) is 17.5. The Morgan fingerprint density at radius 3 is 1.13 bits per heavy atom. The quantitative estimate of drug-likeness (QED) is 0.0665. The second kappa shape index (κ2) is 31.5. The van der Waals surface area contributed by atoms with Crippen molar-refractivity contribution in [2.45, 2.75) is 213 Å². The fourth-order valence-corrected chi connectivity index (χ4v) is 5.50. The highest BCUT2D eigenvalue weighted by Gasteiger charge is 2.17. The summed E-state index contributed by atoms with van der Waals surface area (Å²) in [5.41, 5.74) is 0. The first-order chi connectivity index (χ1) is 19.1. The van der Waals surface area contributed by atoms with Crippen molar-refractivity contribution < 1.29 is 19.4 Å². The molecule has 0 rings (SSSR count). The van der Waals surface area contributed by atoms with Crippen LogP contribution in [0.1, 0.15) is 206 Å². The number of carboxylic acids is 1. The lowest BCUT2D eigenvalue weighted by Crippen LogP contribution is -2.21. The largest absolute Gasteiger partial charge is 0.481 e. The lowest BCUT2D eigenvalue weighted by molar-refractivity contribution is -0.153. The van der Waals surface area contributed by atoms with Crippen molar-refractivity contribution in [2.24, 2.45) is 0 Å². The third-order valence-corrected chi connectivity index (χ3v) is 8.06. The molecule has 0 bridgehead atoms. The summed E-state index contributed by atoms with van der Waals surface area (Å²) in [6, 6.07) is 0. The first-order valence-corrected chi connectivity index (χ1v) is 17.5. The fourth-order valence-electron chi connectivity index (χ4n) is 5.50. The molecule has 0 fully saturated rings. The van der Waals surface area contributed by atoms with Gasteiger partial charge in [-0.15, -0.1) is 0 Å². The van der Waals surface area contributed by atoms with Crippen molar-refractivity contribution in [3.05, 3.63) is 0 Å². The van der Waals surface area contributed by atoms with Crippen LogP contribution >= 0.6 is 0 Å². The van der Waals surface area contributed by atoms with Crippen molar-refractivity contribution in [2.75, 3.05) is 0 Å². The van der Waals surface area contributed by atoms with E-state index in [2.05, 4.69) is 13.8 Å². The molecule has 39 heavy (non-hydrogen) atoms. The third-order valence-electron chi connectivity index (χ3n) is 8.06. The average Bonchev–Trinajstić information content (AvgIpc) is 2.91. The van der Waals surface area contributed by atoms with Crippen LogP contribution in [-0.2, 0) is 14.3 Å². The summed E-state index contributed by atoms with van der Waals surface area (Å²) in [5.74, 6) is -1.09. The SMILES string of the molecule is CCCCCCCCCCCCCCCCCC(=O)OC(CCCCCCCCCCCCCC)CC(=O)O. The lowest BCUT2D eigenvalue weighted by Gasteiger charge is -2.16. The van der Waals surface area contributed by atoms with Crippen LogP contribution < -0.4 is 0 Å². The fraction of sp³-hybridized carbons (Fsp3) is 0.943. The van der Waals surface area contributed by atoms with Gasteiger partial charge in [0.05, 0.1) is 6.42 Å². The van der Waals surface area contributed by atoms with E-state index < -0.39 is 12.1 Å². The number of hydrogen-bond acceptors (Lipinski definition) is 3. The minimum Gasteiger partial charge on any atom is -0.481 e. The van der Waals surface area contributed by atoms with E-state index in [0.29, 0.717) is 12.8 Å². The lowest BCUT2D eigenvalue weighted by atomic mass is 10.0. The van der Waals surface area contributed by atoms with Crippen LogP contribution in [-0.4, -0.2) is 23.1 Å². The number of esters is 1. The van der Waals surface area contributed by atoms with E-state index in [1.807, 2.05) is 0 Å². The van der Waals surface area contributed by atoms with Gasteiger partial charge < -0.3 is 9.84 Å². The Morgan fingerprint density at radius 1 is 0.487 bits per heavy atom. The Bertz CT molecular complexity index is 519. The molecule has 0 aliphatic rings. The number of carbonyl (C=O) groups excluding carboxylic acids is 1. The van der Waals surface area contributed by atoms with E-state index in [9.17, 15) is 14.7 Å². The molecule has 0 aliphatic heterocycles. The van der Waals surface area contributed by atoms with Gasteiger partial charge in [0.15, 0.2) is 0 Å². The molecule has 4 heteroatoms. The van der Waals surface area contributed by atoms with Gasteiger partial charge >= 0.3 is 11.9 Å². The van der Waals surface area contributed by atoms with Crippen LogP contribution in [0.15, 0.2) is 0 Å². The van der Waals surface area contributed by atoms with Crippen LogP contribution in [0, 0.1) is 0 Å². The topological polar surface area (TPSA) is 63.6 Å². The summed E-state index contributed by atoms with van der Waals surface area (Å²) in [6.07, 6.45) is 35.5. The number of ether oxygens (including phenoxy) is 1. The Labute approximate surface area is 243 Å². The molecule has 232 valence electrons. The summed E-state index contributed by atoms with van der Waals surface area (Å²) in [6.45, 7) is 4.53. The maximum absolute atomic E-state index is 12.3. The van der Waals surface area contributed by atoms with Crippen LogP contribution in [0.25, 0.3) is 0 Å². The van der Waals surface area contributed by atoms with E-state index >= 15 is 0 Å². The highest BCUT2D eigenvalue weighted by Crippen LogP contribution is 2.17. The van der Waals surface area contributed by atoms with E-state index in [1.54, 1.807) is 0 Å². The molecule has 0 saturated carbocycles. The molecule has 0 radical (unpaired) electrons. The number of carboxylic acid groups (broad SMARTS) is 1. The van der Waals surface area contributed by atoms with Crippen LogP contribution in [0.5, 0.6) is 0 Å². The molecule has 0 heterocycles. The zero-order valence-electron chi connectivity index (χ0n) is 26.5. The average molecular weight is 553 g/mol. The predicted molar refractivity (Wildman–Crippen MR) is 167 cm³/mol. The van der Waals surface area contributed by atoms with Crippen molar-refractivity contribution >= 4 is 11.9 Å². The number of carbonyl (C=O) groups is 2. The van der Waals surface area contributed by atoms with E-state index in [1.165, 1.54) is 148 Å². The van der Waals surface area contributed by atoms with Crippen molar-refractivity contribution in [3.63, 3.8) is 0 Å². The number of unbranched alkanes of at least 4 members (excludes halogenated alkanes) is 25. The number of aliphatic carboxylic acids is 1. The molecule has 0 spiro atoms. The molecule has 1 atom stereocenters. The standard InChI is InChI=1S/C35H68O4/c1-3-5-7-9-11-13-15-17-18-19-21-23-25-27-29-31-35(38)39-33(32-34(36)37)30-28-26-24-22-20-16-14-12-10-8-6-4-2/h33H,3-32H2,1-2H3,(H,36,37). The maximum Gasteiger partial charge on any atom is 0.307 e. The third kappa shape index (κ3) is 31.3. The van der Waals surface area contributed by atoms with Crippen molar-refractivity contribution in [1.29, 1.82) is 0 Å². The van der Waals surface area contributed by atoms with Crippen molar-refractivity contribution in [3.8, 4) is 0 Å². The van der Waals surface area contributed by atoms with Gasteiger partial charge in [-0.05, 0) is 19.3 Å². The molecule has 1 N–H and O–H groups in total. The van der Waals surface area contributed by atoms with Gasteiger partial charge in [0.1, 0.15) is 6.10 Å². The smallest absolute Gasteiger partial charge is 0.307 e. The van der Waals surface area contributed by atoms with Crippen molar-refractivity contribution in [1.82, 2.24) is 0 Å². The monoisotopic (exact) mass is 553 g/mol. The molecule has 0 amide bonds. The Morgan fingerprint density at radius 2 is 0.795 bits per heavy atom. The summed E-state index contributed by atoms with van der Waals surface area (Å²) < 4.78 is 5.56. The molecule has 1 unspecified atom stereocenters. The highest BCUT2D eigenvalue weighted by atomic mass is 16.5. The second-order valence-electron chi connectivity index (χ2n) is 12.1. The highest BCUT2D eigenvalue weighted by molar-refractivity contribution is 5.71. The first kappa shape index (κ1) is 37.9. The maximum atomic E-state index is 12.3. The van der Waals surface area contributed by atoms with Gasteiger partial charge in [-0.1, -0.05) is 174 Å². The summed E-state index contributed by atoms with van der Waals surface area (Å²) >= 11 is 0. The molecule has 0 aromatic heterocycles. The summed E-state index contributed by atoms with van der Waals surface area (Å²) in [5, 5.41) is 9.21. The molecule has 0 aromatic rings. The van der Waals surface area contributed by atoms with Gasteiger partial charge in [-0.2, -0.15) is 0 Å². The minimum atomic E-state index is -0.876. The molecular weight excluding hydrogens is 484 g/mol. The van der Waals surface area contributed by atoms with Crippen LogP contribution in [0.4, 0.5) is 0 Å². The molecule has 4 nitrogen and oxygen atoms in total. The Balaban J connectivity index is 3.62. The van der Waals surface area contributed by atoms with E-state index in [0.717, 1.165) is 25.7 Å². The van der Waals surface area contributed by atoms with E-state index in [-0.39, 0.29) is 12.4 Å². The second-order valence-corrected chi connectivity index (χ2v) is 12.1. The van der Waals surface area contributed by atoms with Crippen LogP contribution in [0.2, 0.25) is 0 Å². The molecule has 0 aromatic carbocycles. The van der Waals surface area contributed by atoms with Gasteiger partial charge in [0.2, 0.25) is 0 Å². The molecule has 0 saturated heterocycles. The molecular formula is C35H68O4. The van der Waals surface area contributed by atoms with Gasteiger partial charge in [-0.25, -0.2) is 0 Å². The summed E-state index contributed by atoms with van der Waals surface area (Å²) in [4.78, 5) is 23.5. The number of rotatable bonds is 32. The minimum absolute atomic E-state index is 0.0668. The van der Waals surface area contributed by atoms with Gasteiger partial charge in [0, 0.05) is 6.42 Å². The van der Waals surface area contributed by atoms with E-state index in [4.69, 9.17) is 4.74 Å². The zero-order chi connectivity index (χ0) is 28.7. The van der Waals surface area contributed by atoms with Crippen LogP contribution in [0.3, 0.4) is 0 Å². The van der Waals surface area contributed by atoms with Gasteiger partial charge in [0.25, 0.3) is 0 Å². The predicted octanol–water partition coefficient (Wildman–Crippen LogP) is 11.7. The Hall–Kier alpha value is -1.06. The Kier molecular flexibility index (Phi) is 30.6. The summed E-state index contributed by atoms with van der Waals surface area (Å²) in [7, 11) is 0. The number of hydrogen-bond donors (Lipinski definition) is 1. The zero-order valence-corrected chi connectivity index (χ0v) is 26.5. The normalized spacial score (nSPS) is 12.1.